The van der Waals surface area contributed by atoms with Crippen molar-refractivity contribution >= 4 is 10.0 Å². The minimum atomic E-state index is -4.04. The number of nitrogens with zero attached hydrogens (tertiary/aromatic N) is 2. The molecule has 0 aliphatic carbocycles. The minimum Gasteiger partial charge on any atom is -0.389 e. The van der Waals surface area contributed by atoms with E-state index in [0.29, 0.717) is 12.8 Å². The Morgan fingerprint density at radius 3 is 2.67 bits per heavy atom. The zero-order valence-electron chi connectivity index (χ0n) is 11.9. The molecule has 1 N–H and O–H groups in total. The molecular weight excluding hydrogens is 295 g/mol. The summed E-state index contributed by atoms with van der Waals surface area (Å²) in [5.74, 6) is -0.949. The summed E-state index contributed by atoms with van der Waals surface area (Å²) in [5.41, 5.74) is -1.14. The highest BCUT2D eigenvalue weighted by Gasteiger charge is 2.43. The van der Waals surface area contributed by atoms with E-state index in [1.54, 1.807) is 19.9 Å². The molecule has 1 heterocycles. The molecule has 1 aromatic rings. The molecule has 0 amide bonds. The van der Waals surface area contributed by atoms with Gasteiger partial charge in [0.05, 0.1) is 23.3 Å². The fraction of sp³-hybridized carbons (Fsp3) is 0.500. The van der Waals surface area contributed by atoms with Gasteiger partial charge in [-0.05, 0) is 44.9 Å². The van der Waals surface area contributed by atoms with Gasteiger partial charge in [0.15, 0.2) is 0 Å². The minimum absolute atomic E-state index is 0.0620. The highest BCUT2D eigenvalue weighted by Crippen LogP contribution is 2.32. The summed E-state index contributed by atoms with van der Waals surface area (Å²) in [4.78, 5) is -0.461. The van der Waals surface area contributed by atoms with Gasteiger partial charge in [-0.1, -0.05) is 0 Å². The van der Waals surface area contributed by atoms with Gasteiger partial charge in [0, 0.05) is 6.54 Å². The van der Waals surface area contributed by atoms with Crippen LogP contribution < -0.4 is 0 Å². The highest BCUT2D eigenvalue weighted by atomic mass is 32.2. The van der Waals surface area contributed by atoms with Gasteiger partial charge in [0.1, 0.15) is 10.7 Å². The van der Waals surface area contributed by atoms with E-state index in [4.69, 9.17) is 5.26 Å². The Hall–Kier alpha value is -1.49. The summed E-state index contributed by atoms with van der Waals surface area (Å²) in [7, 11) is -4.04. The molecule has 1 aliphatic rings. The van der Waals surface area contributed by atoms with Crippen LogP contribution in [0.5, 0.6) is 0 Å². The van der Waals surface area contributed by atoms with Crippen LogP contribution >= 0.6 is 0 Å². The van der Waals surface area contributed by atoms with Gasteiger partial charge in [0.2, 0.25) is 10.0 Å². The highest BCUT2D eigenvalue weighted by molar-refractivity contribution is 7.89. The average Bonchev–Trinajstić information content (AvgIpc) is 2.88. The van der Waals surface area contributed by atoms with Crippen LogP contribution in [0.2, 0.25) is 0 Å². The molecule has 5 nitrogen and oxygen atoms in total. The topological polar surface area (TPSA) is 81.4 Å². The average molecular weight is 312 g/mol. The predicted molar refractivity (Wildman–Crippen MR) is 74.3 cm³/mol. The normalized spacial score (nSPS) is 20.4. The molecule has 21 heavy (non-hydrogen) atoms. The van der Waals surface area contributed by atoms with Crippen molar-refractivity contribution in [2.24, 2.45) is 0 Å². The third-order valence-electron chi connectivity index (χ3n) is 3.67. The van der Waals surface area contributed by atoms with Crippen LogP contribution in [-0.2, 0) is 10.0 Å². The Balaban J connectivity index is 2.45. The standard InChI is InChI=1S/C14H17FN2O3S/c1-14(2,18)13-4-3-7-17(13)21(19,20)12-6-5-10(9-16)8-11(12)15/h5-6,8,13,18H,3-4,7H2,1-2H3. The molecule has 0 aromatic heterocycles. The van der Waals surface area contributed by atoms with Gasteiger partial charge in [-0.2, -0.15) is 9.57 Å². The van der Waals surface area contributed by atoms with Crippen LogP contribution in [0.1, 0.15) is 32.3 Å². The quantitative estimate of drug-likeness (QED) is 0.919. The Bertz CT molecular complexity index is 689. The van der Waals surface area contributed by atoms with Crippen molar-refractivity contribution in [2.75, 3.05) is 6.54 Å². The third kappa shape index (κ3) is 2.93. The SMILES string of the molecule is CC(C)(O)C1CCCN1S(=O)(=O)c1ccc(C#N)cc1F. The molecule has 0 radical (unpaired) electrons. The number of hydrogen-bond donors (Lipinski definition) is 1. The first kappa shape index (κ1) is 15.9. The Morgan fingerprint density at radius 2 is 2.14 bits per heavy atom. The number of benzene rings is 1. The maximum atomic E-state index is 14.0. The van der Waals surface area contributed by atoms with E-state index in [2.05, 4.69) is 0 Å². The lowest BCUT2D eigenvalue weighted by atomic mass is 9.98. The fourth-order valence-corrected chi connectivity index (χ4v) is 4.51. The van der Waals surface area contributed by atoms with Crippen LogP contribution in [-0.4, -0.2) is 36.0 Å². The van der Waals surface area contributed by atoms with E-state index >= 15 is 0 Å². The molecular formula is C14H17FN2O3S. The number of halogens is 1. The summed E-state index contributed by atoms with van der Waals surface area (Å²) >= 11 is 0. The molecule has 1 atom stereocenters. The second kappa shape index (κ2) is 5.37. The van der Waals surface area contributed by atoms with Gasteiger partial charge in [0.25, 0.3) is 0 Å². The fourth-order valence-electron chi connectivity index (χ4n) is 2.64. The second-order valence-corrected chi connectivity index (χ2v) is 7.54. The molecule has 114 valence electrons. The zero-order chi connectivity index (χ0) is 15.8. The van der Waals surface area contributed by atoms with E-state index in [-0.39, 0.29) is 12.1 Å². The Labute approximate surface area is 123 Å². The maximum absolute atomic E-state index is 14.0. The number of nitriles is 1. The van der Waals surface area contributed by atoms with Gasteiger partial charge < -0.3 is 5.11 Å². The van der Waals surface area contributed by atoms with E-state index < -0.39 is 32.4 Å². The number of hydrogen-bond acceptors (Lipinski definition) is 4. The van der Waals surface area contributed by atoms with E-state index in [1.807, 2.05) is 0 Å². The lowest BCUT2D eigenvalue weighted by Crippen LogP contribution is -2.48. The molecule has 7 heteroatoms. The number of aliphatic hydroxyl groups is 1. The molecule has 2 rings (SSSR count). The summed E-state index contributed by atoms with van der Waals surface area (Å²) in [5, 5.41) is 18.8. The first-order valence-corrected chi connectivity index (χ1v) is 8.06. The summed E-state index contributed by atoms with van der Waals surface area (Å²) in [6, 6.07) is 4.45. The second-order valence-electron chi connectivity index (χ2n) is 5.68. The maximum Gasteiger partial charge on any atom is 0.246 e. The molecule has 1 fully saturated rings. The van der Waals surface area contributed by atoms with Crippen molar-refractivity contribution in [1.82, 2.24) is 4.31 Å². The van der Waals surface area contributed by atoms with E-state index in [0.717, 1.165) is 16.4 Å². The largest absolute Gasteiger partial charge is 0.389 e. The lowest BCUT2D eigenvalue weighted by Gasteiger charge is -2.33. The predicted octanol–water partition coefficient (Wildman–Crippen LogP) is 1.62. The molecule has 0 saturated carbocycles. The first-order chi connectivity index (χ1) is 9.67. The zero-order valence-corrected chi connectivity index (χ0v) is 12.7. The van der Waals surface area contributed by atoms with Crippen LogP contribution in [0.25, 0.3) is 0 Å². The van der Waals surface area contributed by atoms with Crippen molar-refractivity contribution in [3.05, 3.63) is 29.6 Å². The Morgan fingerprint density at radius 1 is 1.48 bits per heavy atom. The van der Waals surface area contributed by atoms with Crippen molar-refractivity contribution < 1.29 is 17.9 Å². The first-order valence-electron chi connectivity index (χ1n) is 6.62. The van der Waals surface area contributed by atoms with Crippen molar-refractivity contribution in [3.8, 4) is 6.07 Å². The van der Waals surface area contributed by atoms with Crippen LogP contribution in [0.15, 0.2) is 23.1 Å². The monoisotopic (exact) mass is 312 g/mol. The van der Waals surface area contributed by atoms with E-state index in [9.17, 15) is 17.9 Å². The summed E-state index contributed by atoms with van der Waals surface area (Å²) in [6.45, 7) is 3.33. The van der Waals surface area contributed by atoms with Crippen molar-refractivity contribution in [1.29, 1.82) is 5.26 Å². The van der Waals surface area contributed by atoms with Gasteiger partial charge in [-0.3, -0.25) is 0 Å². The Kier molecular flexibility index (Phi) is 4.06. The number of sulfonamides is 1. The smallest absolute Gasteiger partial charge is 0.246 e. The lowest BCUT2D eigenvalue weighted by molar-refractivity contribution is 0.0214. The number of rotatable bonds is 3. The molecule has 1 aliphatic heterocycles. The van der Waals surface area contributed by atoms with Gasteiger partial charge in [-0.15, -0.1) is 0 Å². The summed E-state index contributed by atoms with van der Waals surface area (Å²) < 4.78 is 40.3. The molecule has 1 aromatic carbocycles. The van der Waals surface area contributed by atoms with Crippen LogP contribution in [0.4, 0.5) is 4.39 Å². The van der Waals surface area contributed by atoms with Crippen LogP contribution in [0.3, 0.4) is 0 Å². The molecule has 1 unspecified atom stereocenters. The summed E-state index contributed by atoms with van der Waals surface area (Å²) in [6.07, 6.45) is 1.15. The van der Waals surface area contributed by atoms with Crippen LogP contribution in [0, 0.1) is 17.1 Å². The van der Waals surface area contributed by atoms with Gasteiger partial charge >= 0.3 is 0 Å². The molecule has 1 saturated heterocycles. The third-order valence-corrected chi connectivity index (χ3v) is 5.61. The van der Waals surface area contributed by atoms with Gasteiger partial charge in [-0.25, -0.2) is 12.8 Å². The molecule has 0 bridgehead atoms. The van der Waals surface area contributed by atoms with Crippen molar-refractivity contribution in [2.45, 2.75) is 43.2 Å². The van der Waals surface area contributed by atoms with Crippen molar-refractivity contribution in [3.63, 3.8) is 0 Å². The van der Waals surface area contributed by atoms with E-state index in [1.165, 1.54) is 6.07 Å². The molecule has 0 spiro atoms.